The van der Waals surface area contributed by atoms with Crippen LogP contribution >= 0.6 is 0 Å². The number of carbonyl (C=O) groups excluding carboxylic acids is 1. The average molecular weight is 345 g/mol. The van der Waals surface area contributed by atoms with Crippen molar-refractivity contribution in [1.29, 1.82) is 0 Å². The Morgan fingerprint density at radius 2 is 1.75 bits per heavy atom. The predicted molar refractivity (Wildman–Crippen MR) is 82.7 cm³/mol. The molecule has 8 heteroatoms. The highest BCUT2D eigenvalue weighted by Crippen LogP contribution is 2.24. The van der Waals surface area contributed by atoms with E-state index in [4.69, 9.17) is 5.21 Å². The Balaban J connectivity index is 1.96. The molecule has 2 rings (SSSR count). The Labute approximate surface area is 139 Å². The largest absolute Gasteiger partial charge is 0.401 e. The van der Waals surface area contributed by atoms with Crippen LogP contribution < -0.4 is 5.48 Å². The van der Waals surface area contributed by atoms with E-state index >= 15 is 0 Å². The molecule has 2 atom stereocenters. The van der Waals surface area contributed by atoms with Gasteiger partial charge in [0.05, 0.1) is 6.54 Å². The highest BCUT2D eigenvalue weighted by Gasteiger charge is 2.38. The van der Waals surface area contributed by atoms with Crippen LogP contribution in [0.4, 0.5) is 13.2 Å². The van der Waals surface area contributed by atoms with Gasteiger partial charge in [-0.25, -0.2) is 5.48 Å². The molecule has 24 heavy (non-hydrogen) atoms. The first-order valence-corrected chi connectivity index (χ1v) is 7.78. The van der Waals surface area contributed by atoms with Gasteiger partial charge in [0.2, 0.25) is 0 Å². The van der Waals surface area contributed by atoms with Gasteiger partial charge in [0.1, 0.15) is 0 Å². The van der Waals surface area contributed by atoms with Gasteiger partial charge in [-0.15, -0.1) is 0 Å². The molecule has 0 radical (unpaired) electrons. The second kappa shape index (κ2) is 7.50. The molecule has 1 amide bonds. The number of hydrogen-bond acceptors (Lipinski definition) is 4. The number of hydrogen-bond donors (Lipinski definition) is 2. The van der Waals surface area contributed by atoms with Crippen molar-refractivity contribution in [3.05, 3.63) is 35.4 Å². The highest BCUT2D eigenvalue weighted by molar-refractivity contribution is 5.93. The summed E-state index contributed by atoms with van der Waals surface area (Å²) < 4.78 is 38.0. The molecule has 5 nitrogen and oxygen atoms in total. The molecule has 1 fully saturated rings. The predicted octanol–water partition coefficient (Wildman–Crippen LogP) is 2.26. The van der Waals surface area contributed by atoms with Crippen LogP contribution in [0.5, 0.6) is 0 Å². The molecule has 2 N–H and O–H groups in total. The summed E-state index contributed by atoms with van der Waals surface area (Å²) >= 11 is 0. The zero-order valence-corrected chi connectivity index (χ0v) is 13.7. The molecule has 1 heterocycles. The van der Waals surface area contributed by atoms with Crippen molar-refractivity contribution in [2.75, 3.05) is 19.6 Å². The SMILES string of the molecule is CC1CN(Cc2ccc(C(=O)NO)cc2)CC(C)N1CC(F)(F)F. The van der Waals surface area contributed by atoms with E-state index in [1.165, 1.54) is 4.90 Å². The fourth-order valence-electron chi connectivity index (χ4n) is 3.20. The first-order chi connectivity index (χ1) is 11.2. The fourth-order valence-corrected chi connectivity index (χ4v) is 3.20. The molecular weight excluding hydrogens is 323 g/mol. The van der Waals surface area contributed by atoms with Gasteiger partial charge >= 0.3 is 6.18 Å². The Morgan fingerprint density at radius 1 is 1.21 bits per heavy atom. The summed E-state index contributed by atoms with van der Waals surface area (Å²) in [5.74, 6) is -0.579. The van der Waals surface area contributed by atoms with E-state index < -0.39 is 18.6 Å². The summed E-state index contributed by atoms with van der Waals surface area (Å²) in [5, 5.41) is 8.59. The number of hydroxylamine groups is 1. The average Bonchev–Trinajstić information content (AvgIpc) is 2.50. The Kier molecular flexibility index (Phi) is 5.84. The molecule has 0 spiro atoms. The number of alkyl halides is 3. The monoisotopic (exact) mass is 345 g/mol. The number of carbonyl (C=O) groups is 1. The van der Waals surface area contributed by atoms with Crippen molar-refractivity contribution < 1.29 is 23.2 Å². The van der Waals surface area contributed by atoms with E-state index in [1.807, 2.05) is 13.8 Å². The number of halogens is 3. The highest BCUT2D eigenvalue weighted by atomic mass is 19.4. The van der Waals surface area contributed by atoms with Crippen molar-refractivity contribution >= 4 is 5.91 Å². The van der Waals surface area contributed by atoms with Gasteiger partial charge in [0.15, 0.2) is 0 Å². The molecule has 1 aromatic rings. The van der Waals surface area contributed by atoms with E-state index in [0.717, 1.165) is 5.56 Å². The topological polar surface area (TPSA) is 55.8 Å². The smallest absolute Gasteiger partial charge is 0.296 e. The summed E-state index contributed by atoms with van der Waals surface area (Å²) in [4.78, 5) is 14.9. The number of benzene rings is 1. The van der Waals surface area contributed by atoms with Gasteiger partial charge in [0.25, 0.3) is 5.91 Å². The molecule has 2 unspecified atom stereocenters. The van der Waals surface area contributed by atoms with E-state index in [9.17, 15) is 18.0 Å². The fraction of sp³-hybridized carbons (Fsp3) is 0.562. The Bertz CT molecular complexity index is 551. The molecule has 1 aliphatic rings. The lowest BCUT2D eigenvalue weighted by Gasteiger charge is -2.44. The first kappa shape index (κ1) is 18.7. The van der Waals surface area contributed by atoms with E-state index in [1.54, 1.807) is 29.7 Å². The van der Waals surface area contributed by atoms with Gasteiger partial charge in [0, 0.05) is 37.3 Å². The number of rotatable bonds is 4. The summed E-state index contributed by atoms with van der Waals surface area (Å²) in [5.41, 5.74) is 2.88. The summed E-state index contributed by atoms with van der Waals surface area (Å²) in [6, 6.07) is 6.40. The quantitative estimate of drug-likeness (QED) is 0.649. The van der Waals surface area contributed by atoms with E-state index in [2.05, 4.69) is 4.90 Å². The van der Waals surface area contributed by atoms with Crippen LogP contribution in [-0.2, 0) is 6.54 Å². The Hall–Kier alpha value is -1.64. The molecule has 1 saturated heterocycles. The van der Waals surface area contributed by atoms with E-state index in [-0.39, 0.29) is 12.1 Å². The molecule has 0 saturated carbocycles. The van der Waals surface area contributed by atoms with Crippen LogP contribution in [-0.4, -0.2) is 58.8 Å². The maximum Gasteiger partial charge on any atom is 0.401 e. The minimum absolute atomic E-state index is 0.185. The number of piperazine rings is 1. The lowest BCUT2D eigenvalue weighted by molar-refractivity contribution is -0.162. The van der Waals surface area contributed by atoms with Crippen molar-refractivity contribution in [3.63, 3.8) is 0 Å². The van der Waals surface area contributed by atoms with Crippen LogP contribution in [0.25, 0.3) is 0 Å². The number of nitrogens with one attached hydrogen (secondary N) is 1. The Morgan fingerprint density at radius 3 is 2.21 bits per heavy atom. The second-order valence-corrected chi connectivity index (χ2v) is 6.32. The molecule has 0 bridgehead atoms. The van der Waals surface area contributed by atoms with Crippen molar-refractivity contribution in [3.8, 4) is 0 Å². The van der Waals surface area contributed by atoms with Gasteiger partial charge in [-0.2, -0.15) is 13.2 Å². The summed E-state index contributed by atoms with van der Waals surface area (Å²) in [6.07, 6.45) is -4.19. The molecular formula is C16H22F3N3O2. The zero-order valence-electron chi connectivity index (χ0n) is 13.7. The summed E-state index contributed by atoms with van der Waals surface area (Å²) in [7, 11) is 0. The lowest BCUT2D eigenvalue weighted by atomic mass is 10.1. The standard InChI is InChI=1S/C16H22F3N3O2/c1-11-7-21(8-12(2)22(11)10-16(17,18)19)9-13-3-5-14(6-4-13)15(23)20-24/h3-6,11-12,24H,7-10H2,1-2H3,(H,20,23). The maximum atomic E-state index is 12.7. The van der Waals surface area contributed by atoms with Crippen LogP contribution in [0.1, 0.15) is 29.8 Å². The minimum atomic E-state index is -4.19. The number of nitrogens with zero attached hydrogens (tertiary/aromatic N) is 2. The third-order valence-corrected chi connectivity index (χ3v) is 4.26. The molecule has 134 valence electrons. The van der Waals surface area contributed by atoms with Crippen LogP contribution in [0.15, 0.2) is 24.3 Å². The second-order valence-electron chi connectivity index (χ2n) is 6.32. The van der Waals surface area contributed by atoms with Crippen molar-refractivity contribution in [2.45, 2.75) is 38.7 Å². The third kappa shape index (κ3) is 4.93. The summed E-state index contributed by atoms with van der Waals surface area (Å²) in [6.45, 7) is 4.45. The van der Waals surface area contributed by atoms with Gasteiger partial charge in [-0.3, -0.25) is 19.8 Å². The maximum absolute atomic E-state index is 12.7. The van der Waals surface area contributed by atoms with Gasteiger partial charge < -0.3 is 0 Å². The minimum Gasteiger partial charge on any atom is -0.296 e. The van der Waals surface area contributed by atoms with Crippen molar-refractivity contribution in [1.82, 2.24) is 15.3 Å². The zero-order chi connectivity index (χ0) is 17.9. The van der Waals surface area contributed by atoms with Crippen molar-refractivity contribution in [2.24, 2.45) is 0 Å². The first-order valence-electron chi connectivity index (χ1n) is 7.78. The van der Waals surface area contributed by atoms with Gasteiger partial charge in [-0.05, 0) is 31.5 Å². The molecule has 0 aromatic heterocycles. The van der Waals surface area contributed by atoms with Crippen LogP contribution in [0.2, 0.25) is 0 Å². The normalized spacial score (nSPS) is 23.2. The van der Waals surface area contributed by atoms with E-state index in [0.29, 0.717) is 25.2 Å². The van der Waals surface area contributed by atoms with Crippen LogP contribution in [0, 0.1) is 0 Å². The third-order valence-electron chi connectivity index (χ3n) is 4.26. The lowest BCUT2D eigenvalue weighted by Crippen LogP contribution is -2.58. The van der Waals surface area contributed by atoms with Gasteiger partial charge in [-0.1, -0.05) is 12.1 Å². The molecule has 0 aliphatic carbocycles. The number of amides is 1. The van der Waals surface area contributed by atoms with Crippen LogP contribution in [0.3, 0.4) is 0 Å². The molecule has 1 aromatic carbocycles. The molecule has 1 aliphatic heterocycles.